The van der Waals surface area contributed by atoms with Gasteiger partial charge in [0, 0.05) is 26.2 Å². The van der Waals surface area contributed by atoms with Crippen molar-refractivity contribution in [3.63, 3.8) is 0 Å². The normalized spacial score (nSPS) is 18.3. The molecule has 1 aromatic carbocycles. The van der Waals surface area contributed by atoms with Crippen LogP contribution in [0.5, 0.6) is 0 Å². The number of aryl methyl sites for hydroxylation is 1. The molecule has 0 unspecified atom stereocenters. The molecule has 26 heavy (non-hydrogen) atoms. The molecule has 1 fully saturated rings. The maximum Gasteiger partial charge on any atom is 0.339 e. The summed E-state index contributed by atoms with van der Waals surface area (Å²) in [7, 11) is 2.05. The van der Waals surface area contributed by atoms with Gasteiger partial charge in [0.1, 0.15) is 18.6 Å². The average Bonchev–Trinajstić information content (AvgIpc) is 2.68. The molecule has 0 bridgehead atoms. The molecular formula is C19H25N5O2. The highest BCUT2D eigenvalue weighted by molar-refractivity contribution is 5.73. The van der Waals surface area contributed by atoms with Gasteiger partial charge in [0.25, 0.3) is 0 Å². The molecule has 2 aliphatic heterocycles. The van der Waals surface area contributed by atoms with E-state index in [1.165, 1.54) is 5.56 Å². The van der Waals surface area contributed by atoms with Crippen LogP contribution in [0.1, 0.15) is 12.0 Å². The molecule has 1 saturated heterocycles. The fraction of sp³-hybridized carbons (Fsp3) is 0.421. The first-order chi connectivity index (χ1) is 12.7. The Morgan fingerprint density at radius 3 is 2.69 bits per heavy atom. The molecule has 1 aromatic rings. The Kier molecular flexibility index (Phi) is 6.38. The van der Waals surface area contributed by atoms with Crippen LogP contribution in [0.2, 0.25) is 0 Å². The highest BCUT2D eigenvalue weighted by Gasteiger charge is 2.18. The maximum atomic E-state index is 12.0. The van der Waals surface area contributed by atoms with Gasteiger partial charge in [-0.1, -0.05) is 35.6 Å². The molecule has 0 spiro atoms. The third kappa shape index (κ3) is 5.42. The minimum Gasteiger partial charge on any atom is -0.495 e. The summed E-state index contributed by atoms with van der Waals surface area (Å²) in [5.41, 5.74) is 5.56. The topological polar surface area (TPSA) is 69.5 Å². The predicted molar refractivity (Wildman–Crippen MR) is 99.3 cm³/mol. The molecule has 0 saturated carbocycles. The zero-order valence-electron chi connectivity index (χ0n) is 15.1. The number of carbonyl (C=O) groups excluding carboxylic acids is 1. The summed E-state index contributed by atoms with van der Waals surface area (Å²) in [5.74, 6) is 0. The number of piperazine rings is 1. The van der Waals surface area contributed by atoms with E-state index >= 15 is 0 Å². The van der Waals surface area contributed by atoms with Gasteiger partial charge in [-0.25, -0.2) is 10.2 Å². The number of nitrogens with zero attached hydrogens (tertiary/aromatic N) is 4. The largest absolute Gasteiger partial charge is 0.495 e. The number of likely N-dealkylation sites (N-methyl/N-ethyl adjacent to an activating group) is 1. The SMILES string of the molecule is CN1CCN(C(=O)NN=NC2=COCC(CCc3ccccc3)=C2)CC1. The Balaban J connectivity index is 1.46. The zero-order valence-corrected chi connectivity index (χ0v) is 15.1. The van der Waals surface area contributed by atoms with Crippen molar-refractivity contribution in [2.75, 3.05) is 39.8 Å². The van der Waals surface area contributed by atoms with Gasteiger partial charge in [0.05, 0.1) is 0 Å². The molecule has 0 aliphatic carbocycles. The van der Waals surface area contributed by atoms with Crippen LogP contribution < -0.4 is 5.43 Å². The van der Waals surface area contributed by atoms with E-state index in [0.717, 1.165) is 31.5 Å². The third-order valence-electron chi connectivity index (χ3n) is 4.50. The highest BCUT2D eigenvalue weighted by atomic mass is 16.5. The molecule has 0 aromatic heterocycles. The summed E-state index contributed by atoms with van der Waals surface area (Å²) in [5, 5.41) is 7.87. The summed E-state index contributed by atoms with van der Waals surface area (Å²) in [6.45, 7) is 3.72. The number of rotatable bonds is 5. The summed E-state index contributed by atoms with van der Waals surface area (Å²) in [4.78, 5) is 16.0. The average molecular weight is 355 g/mol. The van der Waals surface area contributed by atoms with Crippen LogP contribution in [0.3, 0.4) is 0 Å². The molecule has 1 N–H and O–H groups in total. The fourth-order valence-electron chi connectivity index (χ4n) is 2.87. The quantitative estimate of drug-likeness (QED) is 0.652. The second kappa shape index (κ2) is 9.15. The van der Waals surface area contributed by atoms with E-state index in [0.29, 0.717) is 25.4 Å². The molecule has 2 amide bonds. The Labute approximate surface area is 154 Å². The van der Waals surface area contributed by atoms with Crippen LogP contribution in [0.25, 0.3) is 0 Å². The van der Waals surface area contributed by atoms with Crippen molar-refractivity contribution in [3.05, 3.63) is 59.5 Å². The lowest BCUT2D eigenvalue weighted by molar-refractivity contribution is 0.154. The summed E-state index contributed by atoms with van der Waals surface area (Å²) in [6.07, 6.45) is 5.40. The number of nitrogens with one attached hydrogen (secondary N) is 1. The van der Waals surface area contributed by atoms with Crippen molar-refractivity contribution >= 4 is 6.03 Å². The van der Waals surface area contributed by atoms with E-state index in [4.69, 9.17) is 4.74 Å². The van der Waals surface area contributed by atoms with Gasteiger partial charge in [-0.3, -0.25) is 0 Å². The van der Waals surface area contributed by atoms with Gasteiger partial charge in [-0.15, -0.1) is 5.11 Å². The van der Waals surface area contributed by atoms with Crippen LogP contribution in [-0.2, 0) is 11.2 Å². The van der Waals surface area contributed by atoms with Crippen molar-refractivity contribution < 1.29 is 9.53 Å². The maximum absolute atomic E-state index is 12.0. The lowest BCUT2D eigenvalue weighted by Gasteiger charge is -2.31. The second-order valence-corrected chi connectivity index (χ2v) is 6.55. The molecule has 7 heteroatoms. The second-order valence-electron chi connectivity index (χ2n) is 6.55. The van der Waals surface area contributed by atoms with E-state index in [1.54, 1.807) is 11.2 Å². The minimum absolute atomic E-state index is 0.215. The van der Waals surface area contributed by atoms with Crippen LogP contribution >= 0.6 is 0 Å². The highest BCUT2D eigenvalue weighted by Crippen LogP contribution is 2.17. The van der Waals surface area contributed by atoms with Crippen molar-refractivity contribution in [3.8, 4) is 0 Å². The monoisotopic (exact) mass is 355 g/mol. The molecule has 0 atom stereocenters. The van der Waals surface area contributed by atoms with Gasteiger partial charge >= 0.3 is 6.03 Å². The first-order valence-electron chi connectivity index (χ1n) is 8.90. The Hall–Kier alpha value is -2.67. The lowest BCUT2D eigenvalue weighted by Crippen LogP contribution is -2.49. The molecular weight excluding hydrogens is 330 g/mol. The number of carbonyl (C=O) groups is 1. The van der Waals surface area contributed by atoms with Gasteiger partial charge in [0.2, 0.25) is 0 Å². The fourth-order valence-corrected chi connectivity index (χ4v) is 2.87. The summed E-state index contributed by atoms with van der Waals surface area (Å²) in [6, 6.07) is 10.1. The number of hydrogen-bond acceptors (Lipinski definition) is 5. The van der Waals surface area contributed by atoms with Crippen LogP contribution in [0.4, 0.5) is 4.79 Å². The Bertz CT molecular complexity index is 691. The number of hydrogen-bond donors (Lipinski definition) is 1. The molecule has 138 valence electrons. The Morgan fingerprint density at radius 2 is 1.92 bits per heavy atom. The first kappa shape index (κ1) is 18.1. The number of amides is 2. The van der Waals surface area contributed by atoms with E-state index in [1.807, 2.05) is 31.3 Å². The molecule has 7 nitrogen and oxygen atoms in total. The van der Waals surface area contributed by atoms with Crippen LogP contribution in [0, 0.1) is 0 Å². The van der Waals surface area contributed by atoms with Gasteiger partial charge in [0.15, 0.2) is 0 Å². The van der Waals surface area contributed by atoms with E-state index in [2.05, 4.69) is 32.8 Å². The Morgan fingerprint density at radius 1 is 1.15 bits per heavy atom. The van der Waals surface area contributed by atoms with Crippen molar-refractivity contribution in [1.82, 2.24) is 15.2 Å². The number of allylic oxidation sites excluding steroid dienone is 1. The van der Waals surface area contributed by atoms with Crippen LogP contribution in [0.15, 0.2) is 64.3 Å². The predicted octanol–water partition coefficient (Wildman–Crippen LogP) is 2.74. The van der Waals surface area contributed by atoms with E-state index in [9.17, 15) is 4.79 Å². The standard InChI is InChI=1S/C19H25N5O2/c1-23-9-11-24(12-10-23)19(25)21-22-20-18-13-17(14-26-15-18)8-7-16-5-3-2-4-6-16/h2-6,13,15H,7-12,14H2,1H3,(H,20,21,25). The molecule has 2 heterocycles. The van der Waals surface area contributed by atoms with E-state index < -0.39 is 0 Å². The first-order valence-corrected chi connectivity index (χ1v) is 8.90. The number of urea groups is 1. The third-order valence-corrected chi connectivity index (χ3v) is 4.50. The number of benzene rings is 1. The van der Waals surface area contributed by atoms with Crippen molar-refractivity contribution in [2.24, 2.45) is 10.3 Å². The summed E-state index contributed by atoms with van der Waals surface area (Å²) >= 11 is 0. The molecule has 0 radical (unpaired) electrons. The minimum atomic E-state index is -0.215. The molecule has 2 aliphatic rings. The smallest absolute Gasteiger partial charge is 0.339 e. The van der Waals surface area contributed by atoms with Gasteiger partial charge in [-0.2, -0.15) is 0 Å². The van der Waals surface area contributed by atoms with Crippen LogP contribution in [-0.4, -0.2) is 55.7 Å². The van der Waals surface area contributed by atoms with Gasteiger partial charge in [-0.05, 0) is 37.1 Å². The van der Waals surface area contributed by atoms with Crippen molar-refractivity contribution in [1.29, 1.82) is 0 Å². The van der Waals surface area contributed by atoms with Crippen molar-refractivity contribution in [2.45, 2.75) is 12.8 Å². The molecule has 3 rings (SSSR count). The van der Waals surface area contributed by atoms with Gasteiger partial charge < -0.3 is 14.5 Å². The number of ether oxygens (including phenoxy) is 1. The lowest BCUT2D eigenvalue weighted by atomic mass is 10.0. The van der Waals surface area contributed by atoms with E-state index in [-0.39, 0.29) is 6.03 Å². The summed E-state index contributed by atoms with van der Waals surface area (Å²) < 4.78 is 5.46. The zero-order chi connectivity index (χ0) is 18.2.